The number of hydrogen-bond donors (Lipinski definition) is 2. The number of anilines is 1. The first-order valence-electron chi connectivity index (χ1n) is 5.87. The van der Waals surface area contributed by atoms with Crippen molar-refractivity contribution in [1.29, 1.82) is 0 Å². The zero-order chi connectivity index (χ0) is 13.5. The van der Waals surface area contributed by atoms with Crippen LogP contribution in [0, 0.1) is 12.7 Å². The topological polar surface area (TPSA) is 66.6 Å². The predicted molar refractivity (Wildman–Crippen MR) is 66.7 cm³/mol. The molecule has 1 saturated heterocycles. The highest BCUT2D eigenvalue weighted by Crippen LogP contribution is 2.24. The number of carbonyl (C=O) groups is 1. The molecule has 2 rings (SSSR count). The summed E-state index contributed by atoms with van der Waals surface area (Å²) >= 11 is 0. The maximum absolute atomic E-state index is 13.5. The number of carbonyl (C=O) groups excluding carboxylic acids is 1. The van der Waals surface area contributed by atoms with E-state index in [4.69, 9.17) is 5.73 Å². The van der Waals surface area contributed by atoms with Crippen LogP contribution in [0.1, 0.15) is 29.3 Å². The molecule has 3 N–H and O–H groups in total. The lowest BCUT2D eigenvalue weighted by atomic mass is 10.1. The van der Waals surface area contributed by atoms with Gasteiger partial charge in [0, 0.05) is 29.9 Å². The van der Waals surface area contributed by atoms with Gasteiger partial charge in [-0.15, -0.1) is 0 Å². The van der Waals surface area contributed by atoms with Crippen LogP contribution in [0.4, 0.5) is 10.1 Å². The van der Waals surface area contributed by atoms with Crippen molar-refractivity contribution < 1.29 is 14.3 Å². The fourth-order valence-corrected chi connectivity index (χ4v) is 2.12. The molecule has 0 spiro atoms. The summed E-state index contributed by atoms with van der Waals surface area (Å²) < 4.78 is 13.5. The third kappa shape index (κ3) is 2.31. The largest absolute Gasteiger partial charge is 0.398 e. The summed E-state index contributed by atoms with van der Waals surface area (Å²) in [5.41, 5.74) is 5.64. The van der Waals surface area contributed by atoms with E-state index in [2.05, 4.69) is 0 Å². The highest BCUT2D eigenvalue weighted by Gasteiger charge is 2.34. The lowest BCUT2D eigenvalue weighted by Gasteiger charge is -2.19. The van der Waals surface area contributed by atoms with Crippen molar-refractivity contribution in [2.24, 2.45) is 0 Å². The second kappa shape index (κ2) is 4.24. The summed E-state index contributed by atoms with van der Waals surface area (Å²) in [5.74, 6) is -0.775. The van der Waals surface area contributed by atoms with E-state index >= 15 is 0 Å². The zero-order valence-electron chi connectivity index (χ0n) is 10.5. The van der Waals surface area contributed by atoms with E-state index in [0.717, 1.165) is 0 Å². The van der Waals surface area contributed by atoms with E-state index in [0.29, 0.717) is 18.5 Å². The van der Waals surface area contributed by atoms with E-state index in [1.165, 1.54) is 17.0 Å². The molecule has 1 fully saturated rings. The van der Waals surface area contributed by atoms with Crippen LogP contribution >= 0.6 is 0 Å². The summed E-state index contributed by atoms with van der Waals surface area (Å²) in [4.78, 5) is 13.7. The van der Waals surface area contributed by atoms with Crippen LogP contribution in [-0.2, 0) is 0 Å². The highest BCUT2D eigenvalue weighted by atomic mass is 19.1. The monoisotopic (exact) mass is 252 g/mol. The van der Waals surface area contributed by atoms with Crippen LogP contribution in [-0.4, -0.2) is 34.6 Å². The van der Waals surface area contributed by atoms with Gasteiger partial charge in [-0.05, 0) is 32.4 Å². The van der Waals surface area contributed by atoms with E-state index in [1.54, 1.807) is 13.8 Å². The Morgan fingerprint density at radius 3 is 2.72 bits per heavy atom. The lowest BCUT2D eigenvalue weighted by Crippen LogP contribution is -2.34. The first-order valence-corrected chi connectivity index (χ1v) is 5.87. The molecule has 0 radical (unpaired) electrons. The van der Waals surface area contributed by atoms with Crippen LogP contribution in [0.3, 0.4) is 0 Å². The maximum atomic E-state index is 13.5. The Labute approximate surface area is 105 Å². The van der Waals surface area contributed by atoms with Gasteiger partial charge in [-0.1, -0.05) is 0 Å². The van der Waals surface area contributed by atoms with Gasteiger partial charge in [0.15, 0.2) is 0 Å². The fraction of sp³-hybridized carbons (Fsp3) is 0.462. The van der Waals surface area contributed by atoms with Crippen molar-refractivity contribution in [1.82, 2.24) is 4.90 Å². The molecule has 1 amide bonds. The van der Waals surface area contributed by atoms with Gasteiger partial charge in [0.2, 0.25) is 0 Å². The van der Waals surface area contributed by atoms with E-state index < -0.39 is 11.4 Å². The van der Waals surface area contributed by atoms with Gasteiger partial charge in [0.25, 0.3) is 5.91 Å². The highest BCUT2D eigenvalue weighted by molar-refractivity contribution is 5.95. The van der Waals surface area contributed by atoms with E-state index in [-0.39, 0.29) is 23.7 Å². The van der Waals surface area contributed by atoms with Crippen molar-refractivity contribution in [3.63, 3.8) is 0 Å². The maximum Gasteiger partial charge on any atom is 0.254 e. The molecule has 1 atom stereocenters. The Kier molecular flexibility index (Phi) is 3.02. The third-order valence-corrected chi connectivity index (χ3v) is 3.37. The molecule has 1 aromatic rings. The van der Waals surface area contributed by atoms with Crippen molar-refractivity contribution >= 4 is 11.6 Å². The molecule has 5 heteroatoms. The number of β-amino-alcohol motifs (C(OH)–C–C–N with tert-alkyl or cyclic N) is 1. The molecule has 0 aliphatic carbocycles. The number of aliphatic hydroxyl groups is 1. The summed E-state index contributed by atoms with van der Waals surface area (Å²) in [7, 11) is 0. The van der Waals surface area contributed by atoms with Gasteiger partial charge >= 0.3 is 0 Å². The second-order valence-electron chi connectivity index (χ2n) is 5.15. The minimum atomic E-state index is -0.857. The summed E-state index contributed by atoms with van der Waals surface area (Å²) in [6.45, 7) is 3.99. The third-order valence-electron chi connectivity index (χ3n) is 3.37. The number of nitrogen functional groups attached to an aromatic ring is 1. The molecule has 4 nitrogen and oxygen atoms in total. The smallest absolute Gasteiger partial charge is 0.254 e. The predicted octanol–water partition coefficient (Wildman–Crippen LogP) is 1.31. The van der Waals surface area contributed by atoms with Crippen LogP contribution in [0.2, 0.25) is 0 Å². The Balaban J connectivity index is 2.25. The minimum Gasteiger partial charge on any atom is -0.398 e. The second-order valence-corrected chi connectivity index (χ2v) is 5.15. The van der Waals surface area contributed by atoms with Gasteiger partial charge in [-0.25, -0.2) is 4.39 Å². The van der Waals surface area contributed by atoms with Crippen LogP contribution < -0.4 is 5.73 Å². The van der Waals surface area contributed by atoms with Gasteiger partial charge < -0.3 is 15.7 Å². The molecule has 98 valence electrons. The number of nitrogens with zero attached hydrogens (tertiary/aromatic N) is 1. The molecule has 1 heterocycles. The van der Waals surface area contributed by atoms with Crippen molar-refractivity contribution in [2.45, 2.75) is 25.9 Å². The normalized spacial score (nSPS) is 23.4. The average Bonchev–Trinajstić information content (AvgIpc) is 2.65. The summed E-state index contributed by atoms with van der Waals surface area (Å²) in [6.07, 6.45) is 0.530. The molecule has 1 aliphatic rings. The van der Waals surface area contributed by atoms with Crippen molar-refractivity contribution in [3.8, 4) is 0 Å². The molecular formula is C13H17FN2O2. The van der Waals surface area contributed by atoms with E-state index in [9.17, 15) is 14.3 Å². The Morgan fingerprint density at radius 2 is 2.22 bits per heavy atom. The lowest BCUT2D eigenvalue weighted by molar-refractivity contribution is 0.0572. The number of nitrogens with two attached hydrogens (primary N) is 1. The summed E-state index contributed by atoms with van der Waals surface area (Å²) in [5, 5.41) is 9.82. The molecule has 0 saturated carbocycles. The molecule has 1 aromatic carbocycles. The zero-order valence-corrected chi connectivity index (χ0v) is 10.5. The molecule has 0 bridgehead atoms. The van der Waals surface area contributed by atoms with Crippen molar-refractivity contribution in [3.05, 3.63) is 29.1 Å². The Morgan fingerprint density at radius 1 is 1.56 bits per heavy atom. The van der Waals surface area contributed by atoms with Gasteiger partial charge in [0.1, 0.15) is 5.82 Å². The van der Waals surface area contributed by atoms with E-state index in [1.807, 2.05) is 0 Å². The molecule has 18 heavy (non-hydrogen) atoms. The fourth-order valence-electron chi connectivity index (χ4n) is 2.12. The quantitative estimate of drug-likeness (QED) is 0.741. The first kappa shape index (κ1) is 12.8. The average molecular weight is 252 g/mol. The van der Waals surface area contributed by atoms with Crippen LogP contribution in [0.5, 0.6) is 0 Å². The molecule has 1 aliphatic heterocycles. The minimum absolute atomic E-state index is 0.230. The number of amides is 1. The van der Waals surface area contributed by atoms with Gasteiger partial charge in [0.05, 0.1) is 5.60 Å². The Bertz CT molecular complexity index is 477. The number of benzene rings is 1. The standard InChI is InChI=1S/C13H17FN2O2/c1-8-10(14)5-9(6-11(8)15)12(17)16-4-3-13(2,18)7-16/h5-6,18H,3-4,7,15H2,1-2H3. The molecule has 0 aromatic heterocycles. The molecule has 1 unspecified atom stereocenters. The Hall–Kier alpha value is -1.62. The molecular weight excluding hydrogens is 235 g/mol. The number of rotatable bonds is 1. The van der Waals surface area contributed by atoms with Crippen molar-refractivity contribution in [2.75, 3.05) is 18.8 Å². The first-order chi connectivity index (χ1) is 8.30. The van der Waals surface area contributed by atoms with Gasteiger partial charge in [-0.3, -0.25) is 4.79 Å². The van der Waals surface area contributed by atoms with Crippen LogP contribution in [0.25, 0.3) is 0 Å². The SMILES string of the molecule is Cc1c(N)cc(C(=O)N2CCC(C)(O)C2)cc1F. The summed E-state index contributed by atoms with van der Waals surface area (Å²) in [6, 6.07) is 2.68. The number of hydrogen-bond acceptors (Lipinski definition) is 3. The number of likely N-dealkylation sites (tertiary alicyclic amines) is 1. The van der Waals surface area contributed by atoms with Crippen LogP contribution in [0.15, 0.2) is 12.1 Å². The number of halogens is 1. The van der Waals surface area contributed by atoms with Gasteiger partial charge in [-0.2, -0.15) is 0 Å².